The molecule has 0 bridgehead atoms. The van der Waals surface area contributed by atoms with Gasteiger partial charge in [0.2, 0.25) is 0 Å². The van der Waals surface area contributed by atoms with Gasteiger partial charge in [0, 0.05) is 29.9 Å². The van der Waals surface area contributed by atoms with E-state index < -0.39 is 0 Å². The number of hydrogen-bond donors (Lipinski definition) is 0. The SMILES string of the molecule is CCc1ccc(CCC2(Cn3ccnc3)SCC(C)S2)cc1. The Morgan fingerprint density at radius 3 is 2.64 bits per heavy atom. The molecule has 1 aromatic heterocycles. The summed E-state index contributed by atoms with van der Waals surface area (Å²) in [5.41, 5.74) is 2.89. The number of aryl methyl sites for hydroxylation is 2. The Morgan fingerprint density at radius 2 is 2.05 bits per heavy atom. The number of nitrogens with zero attached hydrogens (tertiary/aromatic N) is 2. The van der Waals surface area contributed by atoms with Gasteiger partial charge in [-0.3, -0.25) is 0 Å². The van der Waals surface area contributed by atoms with E-state index in [1.54, 1.807) is 0 Å². The highest BCUT2D eigenvalue weighted by Crippen LogP contribution is 2.51. The van der Waals surface area contributed by atoms with Crippen molar-refractivity contribution in [2.45, 2.75) is 49.0 Å². The number of rotatable bonds is 6. The molecule has 0 radical (unpaired) electrons. The molecule has 0 N–H and O–H groups in total. The van der Waals surface area contributed by atoms with Crippen LogP contribution in [0.15, 0.2) is 43.0 Å². The van der Waals surface area contributed by atoms with Crippen LogP contribution in [0.25, 0.3) is 0 Å². The van der Waals surface area contributed by atoms with E-state index in [1.807, 2.05) is 12.5 Å². The van der Waals surface area contributed by atoms with E-state index >= 15 is 0 Å². The topological polar surface area (TPSA) is 17.8 Å². The van der Waals surface area contributed by atoms with Crippen molar-refractivity contribution in [3.8, 4) is 0 Å². The van der Waals surface area contributed by atoms with Crippen molar-refractivity contribution in [2.24, 2.45) is 0 Å². The highest BCUT2D eigenvalue weighted by Gasteiger charge is 2.39. The molecular formula is C18H24N2S2. The van der Waals surface area contributed by atoms with Crippen LogP contribution in [-0.2, 0) is 19.4 Å². The van der Waals surface area contributed by atoms with Gasteiger partial charge in [-0.1, -0.05) is 38.1 Å². The zero-order valence-electron chi connectivity index (χ0n) is 13.4. The predicted molar refractivity (Wildman–Crippen MR) is 98.6 cm³/mol. The number of thioether (sulfide) groups is 2. The molecule has 2 nitrogen and oxygen atoms in total. The van der Waals surface area contributed by atoms with Crippen molar-refractivity contribution in [2.75, 3.05) is 5.75 Å². The van der Waals surface area contributed by atoms with Gasteiger partial charge in [-0.15, -0.1) is 23.5 Å². The van der Waals surface area contributed by atoms with Crippen molar-refractivity contribution in [3.63, 3.8) is 0 Å². The number of aromatic nitrogens is 2. The summed E-state index contributed by atoms with van der Waals surface area (Å²) in [7, 11) is 0. The maximum absolute atomic E-state index is 4.20. The van der Waals surface area contributed by atoms with Gasteiger partial charge in [-0.05, 0) is 30.4 Å². The number of benzene rings is 1. The second kappa shape index (κ2) is 7.14. The third-order valence-corrected chi connectivity index (χ3v) is 7.92. The molecule has 2 aromatic rings. The van der Waals surface area contributed by atoms with Crippen molar-refractivity contribution >= 4 is 23.5 Å². The molecule has 1 fully saturated rings. The Bertz CT molecular complexity index is 580. The van der Waals surface area contributed by atoms with Crippen molar-refractivity contribution < 1.29 is 0 Å². The molecule has 22 heavy (non-hydrogen) atoms. The Labute approximate surface area is 142 Å². The van der Waals surface area contributed by atoms with E-state index in [2.05, 4.69) is 77.4 Å². The average Bonchev–Trinajstić information content (AvgIpc) is 3.17. The van der Waals surface area contributed by atoms with Crippen molar-refractivity contribution in [1.29, 1.82) is 0 Å². The van der Waals surface area contributed by atoms with Gasteiger partial charge in [-0.25, -0.2) is 4.98 Å². The Morgan fingerprint density at radius 1 is 1.27 bits per heavy atom. The Hall–Kier alpha value is -0.870. The van der Waals surface area contributed by atoms with E-state index in [-0.39, 0.29) is 0 Å². The molecule has 4 heteroatoms. The summed E-state index contributed by atoms with van der Waals surface area (Å²) in [6.07, 6.45) is 9.41. The van der Waals surface area contributed by atoms with Gasteiger partial charge in [0.25, 0.3) is 0 Å². The molecule has 2 heterocycles. The van der Waals surface area contributed by atoms with Gasteiger partial charge < -0.3 is 4.57 Å². The molecule has 0 amide bonds. The fourth-order valence-electron chi connectivity index (χ4n) is 2.93. The summed E-state index contributed by atoms with van der Waals surface area (Å²) in [5.74, 6) is 1.26. The molecule has 2 atom stereocenters. The van der Waals surface area contributed by atoms with Crippen molar-refractivity contribution in [1.82, 2.24) is 9.55 Å². The van der Waals surface area contributed by atoms with Crippen LogP contribution in [0.2, 0.25) is 0 Å². The number of hydrogen-bond acceptors (Lipinski definition) is 3. The lowest BCUT2D eigenvalue weighted by molar-refractivity contribution is 0.592. The molecule has 0 aliphatic carbocycles. The molecule has 1 aliphatic rings. The smallest absolute Gasteiger partial charge is 0.0946 e. The molecule has 1 aromatic carbocycles. The lowest BCUT2D eigenvalue weighted by atomic mass is 10.0. The lowest BCUT2D eigenvalue weighted by Gasteiger charge is -2.28. The van der Waals surface area contributed by atoms with Crippen LogP contribution in [0.4, 0.5) is 0 Å². The maximum Gasteiger partial charge on any atom is 0.0946 e. The van der Waals surface area contributed by atoms with E-state index in [0.717, 1.165) is 24.6 Å². The standard InChI is InChI=1S/C18H24N2S2/c1-3-16-4-6-17(7-5-16)8-9-18(21-12-15(2)22-18)13-20-11-10-19-14-20/h4-7,10-11,14-15H,3,8-9,12-13H2,1-2H3. The summed E-state index contributed by atoms with van der Waals surface area (Å²) in [6, 6.07) is 9.15. The second-order valence-corrected chi connectivity index (χ2v) is 9.54. The molecule has 3 rings (SSSR count). The van der Waals surface area contributed by atoms with Crippen LogP contribution in [0.1, 0.15) is 31.4 Å². The molecule has 0 saturated carbocycles. The summed E-state index contributed by atoms with van der Waals surface area (Å²) >= 11 is 4.29. The lowest BCUT2D eigenvalue weighted by Crippen LogP contribution is -2.25. The van der Waals surface area contributed by atoms with Gasteiger partial charge in [0.15, 0.2) is 0 Å². The zero-order valence-corrected chi connectivity index (χ0v) is 15.0. The predicted octanol–water partition coefficient (Wildman–Crippen LogP) is 4.64. The van der Waals surface area contributed by atoms with Crippen molar-refractivity contribution in [3.05, 3.63) is 54.1 Å². The minimum absolute atomic E-state index is 0.295. The summed E-state index contributed by atoms with van der Waals surface area (Å²) < 4.78 is 2.53. The third-order valence-electron chi connectivity index (χ3n) is 4.21. The quantitative estimate of drug-likeness (QED) is 0.767. The average molecular weight is 333 g/mol. The van der Waals surface area contributed by atoms with Crippen LogP contribution >= 0.6 is 23.5 Å². The second-order valence-electron chi connectivity index (χ2n) is 6.06. The maximum atomic E-state index is 4.20. The largest absolute Gasteiger partial charge is 0.335 e. The fraction of sp³-hybridized carbons (Fsp3) is 0.500. The molecule has 1 saturated heterocycles. The van der Waals surface area contributed by atoms with Gasteiger partial charge in [-0.2, -0.15) is 0 Å². The minimum Gasteiger partial charge on any atom is -0.335 e. The summed E-state index contributed by atoms with van der Waals surface area (Å²) in [4.78, 5) is 4.20. The summed E-state index contributed by atoms with van der Waals surface area (Å²) in [6.45, 7) is 5.62. The van der Waals surface area contributed by atoms with Crippen LogP contribution < -0.4 is 0 Å². The van der Waals surface area contributed by atoms with E-state index in [1.165, 1.54) is 23.3 Å². The molecule has 0 spiro atoms. The van der Waals surface area contributed by atoms with Crippen LogP contribution in [-0.4, -0.2) is 24.6 Å². The minimum atomic E-state index is 0.295. The van der Waals surface area contributed by atoms with Crippen LogP contribution in [0.5, 0.6) is 0 Å². The Balaban J connectivity index is 1.67. The highest BCUT2D eigenvalue weighted by molar-refractivity contribution is 8.21. The zero-order chi connectivity index (χ0) is 15.4. The monoisotopic (exact) mass is 332 g/mol. The van der Waals surface area contributed by atoms with Crippen LogP contribution in [0, 0.1) is 0 Å². The van der Waals surface area contributed by atoms with Crippen LogP contribution in [0.3, 0.4) is 0 Å². The van der Waals surface area contributed by atoms with Gasteiger partial charge in [0.1, 0.15) is 0 Å². The normalized spacial score (nSPS) is 24.7. The first-order valence-electron chi connectivity index (χ1n) is 8.04. The third kappa shape index (κ3) is 3.90. The first-order valence-corrected chi connectivity index (χ1v) is 9.91. The van der Waals surface area contributed by atoms with Gasteiger partial charge in [0.05, 0.1) is 10.4 Å². The van der Waals surface area contributed by atoms with E-state index in [9.17, 15) is 0 Å². The molecule has 2 unspecified atom stereocenters. The highest BCUT2D eigenvalue weighted by atomic mass is 32.2. The molecule has 118 valence electrons. The first-order chi connectivity index (χ1) is 10.7. The van der Waals surface area contributed by atoms with E-state index in [0.29, 0.717) is 4.08 Å². The first kappa shape index (κ1) is 16.0. The summed E-state index contributed by atoms with van der Waals surface area (Å²) in [5, 5.41) is 0.746. The fourth-order valence-corrected chi connectivity index (χ4v) is 6.58. The van der Waals surface area contributed by atoms with E-state index in [4.69, 9.17) is 0 Å². The Kier molecular flexibility index (Phi) is 5.19. The molecular weight excluding hydrogens is 308 g/mol. The van der Waals surface area contributed by atoms with Gasteiger partial charge >= 0.3 is 0 Å². The number of imidazole rings is 1. The molecule has 1 aliphatic heterocycles.